The Hall–Kier alpha value is -4.70. The molecule has 0 radical (unpaired) electrons. The van der Waals surface area contributed by atoms with Gasteiger partial charge < -0.3 is 15.4 Å². The van der Waals surface area contributed by atoms with Crippen molar-refractivity contribution >= 4 is 34.7 Å². The molecule has 0 fully saturated rings. The van der Waals surface area contributed by atoms with Gasteiger partial charge in [-0.05, 0) is 80.6 Å². The number of amides is 1. The molecule has 5 aromatic rings. The molecular weight excluding hydrogens is 510 g/mol. The molecule has 10 heteroatoms. The maximum Gasteiger partial charge on any atom is 0.278 e. The number of rotatable bonds is 9. The normalized spacial score (nSPS) is 10.7. The van der Waals surface area contributed by atoms with E-state index in [1.165, 1.54) is 11.8 Å². The Morgan fingerprint density at radius 1 is 0.872 bits per heavy atom. The first-order chi connectivity index (χ1) is 19.0. The topological polar surface area (TPSA) is 107 Å². The van der Waals surface area contributed by atoms with E-state index in [4.69, 9.17) is 4.74 Å². The van der Waals surface area contributed by atoms with Crippen LogP contribution in [0.25, 0.3) is 5.69 Å². The first-order valence-corrected chi connectivity index (χ1v) is 13.2. The molecule has 0 saturated heterocycles. The number of ether oxygens (including phenoxy) is 1. The van der Waals surface area contributed by atoms with Crippen molar-refractivity contribution in [3.8, 4) is 11.4 Å². The minimum atomic E-state index is -0.351. The summed E-state index contributed by atoms with van der Waals surface area (Å²) < 4.78 is 6.94. The number of para-hydroxylation sites is 1. The van der Waals surface area contributed by atoms with Gasteiger partial charge in [0, 0.05) is 34.2 Å². The van der Waals surface area contributed by atoms with Crippen LogP contribution in [0.1, 0.15) is 27.6 Å². The molecule has 3 aromatic carbocycles. The molecule has 2 aromatic heterocycles. The van der Waals surface area contributed by atoms with Crippen LogP contribution in [0.2, 0.25) is 0 Å². The van der Waals surface area contributed by atoms with Crippen LogP contribution in [0.15, 0.2) is 90.1 Å². The van der Waals surface area contributed by atoms with Gasteiger partial charge in [0.05, 0.1) is 18.5 Å². The monoisotopic (exact) mass is 537 g/mol. The standard InChI is InChI=1S/C29H27N7O2S/c1-19-17-20(2)31-29(30-19)39-18-26-27(34-35-36(26)24-13-15-25(38-3)16-14-24)28(37)33-23-11-9-22(10-12-23)32-21-7-5-4-6-8-21/h4-17,32H,18H2,1-3H3,(H,33,37). The van der Waals surface area contributed by atoms with Crippen LogP contribution in [0, 0.1) is 13.8 Å². The van der Waals surface area contributed by atoms with Crippen LogP contribution < -0.4 is 15.4 Å². The summed E-state index contributed by atoms with van der Waals surface area (Å²) in [5, 5.41) is 15.5. The van der Waals surface area contributed by atoms with Crippen LogP contribution in [-0.2, 0) is 5.75 Å². The molecule has 2 heterocycles. The van der Waals surface area contributed by atoms with Gasteiger partial charge in [-0.25, -0.2) is 14.6 Å². The maximum absolute atomic E-state index is 13.4. The van der Waals surface area contributed by atoms with Crippen molar-refractivity contribution < 1.29 is 9.53 Å². The highest BCUT2D eigenvalue weighted by atomic mass is 32.2. The van der Waals surface area contributed by atoms with E-state index in [-0.39, 0.29) is 11.6 Å². The van der Waals surface area contributed by atoms with Crippen molar-refractivity contribution in [3.63, 3.8) is 0 Å². The number of carbonyl (C=O) groups is 1. The predicted octanol–water partition coefficient (Wildman–Crippen LogP) is 5.97. The second kappa shape index (κ2) is 11.8. The molecule has 39 heavy (non-hydrogen) atoms. The Morgan fingerprint density at radius 3 is 2.18 bits per heavy atom. The Kier molecular flexibility index (Phi) is 7.83. The van der Waals surface area contributed by atoms with E-state index in [2.05, 4.69) is 30.9 Å². The summed E-state index contributed by atoms with van der Waals surface area (Å²) in [5.74, 6) is 0.766. The summed E-state index contributed by atoms with van der Waals surface area (Å²) in [6.45, 7) is 3.86. The number of hydrogen-bond donors (Lipinski definition) is 2. The highest BCUT2D eigenvalue weighted by Crippen LogP contribution is 2.26. The molecule has 0 saturated carbocycles. The van der Waals surface area contributed by atoms with Crippen molar-refractivity contribution in [3.05, 3.63) is 108 Å². The molecule has 196 valence electrons. The SMILES string of the molecule is COc1ccc(-n2nnc(C(=O)Nc3ccc(Nc4ccccc4)cc3)c2CSc2nc(C)cc(C)n2)cc1. The lowest BCUT2D eigenvalue weighted by atomic mass is 10.2. The highest BCUT2D eigenvalue weighted by molar-refractivity contribution is 7.98. The smallest absolute Gasteiger partial charge is 0.278 e. The van der Waals surface area contributed by atoms with Gasteiger partial charge in [-0.15, -0.1) is 5.10 Å². The van der Waals surface area contributed by atoms with E-state index in [0.29, 0.717) is 22.3 Å². The van der Waals surface area contributed by atoms with Gasteiger partial charge in [-0.1, -0.05) is 35.2 Å². The Bertz CT molecular complexity index is 1550. The number of methoxy groups -OCH3 is 1. The number of hydrogen-bond acceptors (Lipinski definition) is 8. The number of anilines is 3. The quantitative estimate of drug-likeness (QED) is 0.175. The van der Waals surface area contributed by atoms with E-state index in [0.717, 1.165) is 34.2 Å². The highest BCUT2D eigenvalue weighted by Gasteiger charge is 2.22. The van der Waals surface area contributed by atoms with Crippen LogP contribution in [-0.4, -0.2) is 38.0 Å². The molecule has 0 aliphatic carbocycles. The van der Waals surface area contributed by atoms with E-state index in [9.17, 15) is 4.79 Å². The number of benzene rings is 3. The molecule has 0 bridgehead atoms. The van der Waals surface area contributed by atoms with Crippen molar-refractivity contribution in [2.75, 3.05) is 17.7 Å². The second-order valence-electron chi connectivity index (χ2n) is 8.74. The minimum absolute atomic E-state index is 0.231. The fourth-order valence-electron chi connectivity index (χ4n) is 3.94. The fourth-order valence-corrected chi connectivity index (χ4v) is 4.89. The molecule has 0 unspecified atom stereocenters. The molecule has 9 nitrogen and oxygen atoms in total. The third-order valence-corrected chi connectivity index (χ3v) is 6.66. The Labute approximate surface area is 230 Å². The molecule has 1 amide bonds. The van der Waals surface area contributed by atoms with Gasteiger partial charge in [0.25, 0.3) is 5.91 Å². The van der Waals surface area contributed by atoms with Crippen molar-refractivity contribution in [2.45, 2.75) is 24.8 Å². The van der Waals surface area contributed by atoms with E-state index in [1.54, 1.807) is 11.8 Å². The van der Waals surface area contributed by atoms with Gasteiger partial charge in [-0.3, -0.25) is 4.79 Å². The van der Waals surface area contributed by atoms with Crippen LogP contribution >= 0.6 is 11.8 Å². The Morgan fingerprint density at radius 2 is 1.51 bits per heavy atom. The number of nitrogens with zero attached hydrogens (tertiary/aromatic N) is 5. The van der Waals surface area contributed by atoms with Crippen molar-refractivity contribution in [1.82, 2.24) is 25.0 Å². The summed E-state index contributed by atoms with van der Waals surface area (Å²) in [7, 11) is 1.61. The molecule has 0 aliphatic rings. The lowest BCUT2D eigenvalue weighted by Crippen LogP contribution is -2.15. The Balaban J connectivity index is 1.38. The van der Waals surface area contributed by atoms with E-state index >= 15 is 0 Å². The van der Waals surface area contributed by atoms with Crippen LogP contribution in [0.3, 0.4) is 0 Å². The van der Waals surface area contributed by atoms with Gasteiger partial charge >= 0.3 is 0 Å². The number of aromatic nitrogens is 5. The van der Waals surface area contributed by atoms with Crippen molar-refractivity contribution in [2.24, 2.45) is 0 Å². The van der Waals surface area contributed by atoms with Gasteiger partial charge in [0.1, 0.15) is 5.75 Å². The first kappa shape index (κ1) is 25.9. The molecule has 0 atom stereocenters. The molecule has 2 N–H and O–H groups in total. The lowest BCUT2D eigenvalue weighted by molar-refractivity contribution is 0.102. The maximum atomic E-state index is 13.4. The zero-order valence-electron chi connectivity index (χ0n) is 21.8. The zero-order valence-corrected chi connectivity index (χ0v) is 22.6. The molecular formula is C29H27N7O2S. The van der Waals surface area contributed by atoms with Gasteiger partial charge in [0.15, 0.2) is 10.9 Å². The van der Waals surface area contributed by atoms with Crippen LogP contribution in [0.4, 0.5) is 17.1 Å². The summed E-state index contributed by atoms with van der Waals surface area (Å²) in [5.41, 5.74) is 5.94. The lowest BCUT2D eigenvalue weighted by Gasteiger charge is -2.10. The third kappa shape index (κ3) is 6.42. The summed E-state index contributed by atoms with van der Waals surface area (Å²) in [4.78, 5) is 22.4. The minimum Gasteiger partial charge on any atom is -0.497 e. The summed E-state index contributed by atoms with van der Waals surface area (Å²) >= 11 is 1.43. The van der Waals surface area contributed by atoms with Crippen LogP contribution in [0.5, 0.6) is 5.75 Å². The van der Waals surface area contributed by atoms with Gasteiger partial charge in [0.2, 0.25) is 0 Å². The molecule has 0 spiro atoms. The van der Waals surface area contributed by atoms with Crippen molar-refractivity contribution in [1.29, 1.82) is 0 Å². The number of thioether (sulfide) groups is 1. The molecule has 5 rings (SSSR count). The average Bonchev–Trinajstić information content (AvgIpc) is 3.37. The summed E-state index contributed by atoms with van der Waals surface area (Å²) in [6, 6.07) is 26.7. The summed E-state index contributed by atoms with van der Waals surface area (Å²) in [6.07, 6.45) is 0. The average molecular weight is 538 g/mol. The van der Waals surface area contributed by atoms with Gasteiger partial charge in [-0.2, -0.15) is 0 Å². The first-order valence-electron chi connectivity index (χ1n) is 12.3. The van der Waals surface area contributed by atoms with E-state index < -0.39 is 0 Å². The molecule has 0 aliphatic heterocycles. The van der Waals surface area contributed by atoms with E-state index in [1.807, 2.05) is 98.8 Å². The second-order valence-corrected chi connectivity index (χ2v) is 9.68. The third-order valence-electron chi connectivity index (χ3n) is 5.80. The largest absolute Gasteiger partial charge is 0.497 e. The number of carbonyl (C=O) groups excluding carboxylic acids is 1. The number of nitrogens with one attached hydrogen (secondary N) is 2. The predicted molar refractivity (Wildman–Crippen MR) is 153 cm³/mol. The zero-order chi connectivity index (χ0) is 27.2. The number of aryl methyl sites for hydroxylation is 2. The fraction of sp³-hybridized carbons (Fsp3) is 0.138.